The number of aryl methyl sites for hydroxylation is 2. The van der Waals surface area contributed by atoms with Crippen molar-refractivity contribution in [2.75, 3.05) is 0 Å². The van der Waals surface area contributed by atoms with Gasteiger partial charge >= 0.3 is 17.1 Å². The highest BCUT2D eigenvalue weighted by atomic mass is 16.2. The highest BCUT2D eigenvalue weighted by Gasteiger charge is 2.46. The number of carbonyl (C=O) groups excluding carboxylic acids is 10. The second-order valence-corrected chi connectivity index (χ2v) is 36.6. The topological polar surface area (TPSA) is 333 Å². The Balaban J connectivity index is 0.000000132. The van der Waals surface area contributed by atoms with Crippen LogP contribution in [0.3, 0.4) is 0 Å². The molecule has 10 amide bonds. The number of para-hydroxylation sites is 3. The van der Waals surface area contributed by atoms with Crippen molar-refractivity contribution in [1.29, 1.82) is 0 Å². The van der Waals surface area contributed by atoms with Crippen LogP contribution >= 0.6 is 0 Å². The molecule has 28 nitrogen and oxygen atoms in total. The third kappa shape index (κ3) is 18.8. The zero-order chi connectivity index (χ0) is 93.5. The molecule has 9 aliphatic heterocycles. The van der Waals surface area contributed by atoms with Gasteiger partial charge in [-0.05, 0) is 214 Å². The van der Waals surface area contributed by atoms with E-state index in [0.29, 0.717) is 118 Å². The van der Waals surface area contributed by atoms with Gasteiger partial charge < -0.3 is 41.7 Å². The van der Waals surface area contributed by atoms with Gasteiger partial charge in [-0.15, -0.1) is 0 Å². The van der Waals surface area contributed by atoms with E-state index in [0.717, 1.165) is 118 Å². The molecule has 6 unspecified atom stereocenters. The van der Waals surface area contributed by atoms with Crippen molar-refractivity contribution >= 4 is 92.2 Å². The number of aromatic nitrogens is 6. The molecule has 6 saturated heterocycles. The van der Waals surface area contributed by atoms with Crippen LogP contribution in [0.25, 0.3) is 33.1 Å². The van der Waals surface area contributed by atoms with Crippen LogP contribution in [0.1, 0.15) is 294 Å². The van der Waals surface area contributed by atoms with Crippen molar-refractivity contribution in [3.8, 4) is 0 Å². The fraction of sp³-hybridized carbons (Fsp3) is 0.396. The maximum atomic E-state index is 12.8. The third-order valence-corrected chi connectivity index (χ3v) is 25.7. The van der Waals surface area contributed by atoms with Gasteiger partial charge in [-0.1, -0.05) is 169 Å². The van der Waals surface area contributed by atoms with Crippen molar-refractivity contribution in [1.82, 2.24) is 74.0 Å². The van der Waals surface area contributed by atoms with Gasteiger partial charge in [-0.2, -0.15) is 0 Å². The Labute approximate surface area is 750 Å². The first kappa shape index (κ1) is 93.1. The number of hydrogen-bond acceptors (Lipinski definition) is 13. The molecule has 0 aliphatic carbocycles. The monoisotopic (exact) mass is 1750 g/mol. The average molecular weight is 1750 g/mol. The van der Waals surface area contributed by atoms with E-state index in [1.54, 1.807) is 63.4 Å². The Hall–Kier alpha value is -13.5. The number of imidazole rings is 3. The fourth-order valence-electron chi connectivity index (χ4n) is 18.3. The lowest BCUT2D eigenvalue weighted by molar-refractivity contribution is -0.127. The summed E-state index contributed by atoms with van der Waals surface area (Å²) in [5, 5.41) is 16.4. The standard InChI is InChI=1S/2C17H21N3O2.C17H18N2O3.2C17H20N2O2.C16H19N3O2/c1-10(2)12-6-8-13-15(9-12)19(4)17(22)20(13)14-7-5-11(3)18-16(14)21;1-10(2)12-6-5-7-13-15(12)19(4)17(22)20(13)14-9-8-11(3)18-16(14)21;1-9(2)11-5-6-12-13(8-11)17(22)19(16(12)21)14-7-4-10(3)18-15(14)20;1-10(2)12-5-6-14-13(8-12)9-19(17(14)21)15-7-4-11(3)18-16(15)20;1-10(2)12-5-6-13-9-19(17(21)14(13)8-12)15-7-4-11(3)18-16(15)20;1-10(2)18-12-6-4-5-7-13(12)19(16(18)21)14-9-8-11(3)17-15(14)20/h6,8-10,14H,3,5,7H2,1-2,4H3,(H,18,21);5-7,10,14H,3,8-9H2,1-2,4H3,(H,18,21);5-6,8-9,14H,3-4,7H2,1-2H3,(H,18,20);2*5-6,8,10,15H,3-4,7,9H2,1-2H3,(H,18,20);4-7,10,14H,3,8-9H2,1-2H3,(H,17,20). The Morgan fingerprint density at radius 3 is 1.12 bits per heavy atom. The molecule has 9 aliphatic rings. The van der Waals surface area contributed by atoms with Crippen LogP contribution in [0, 0.1) is 0 Å². The number of piperidine rings is 6. The van der Waals surface area contributed by atoms with Crippen LogP contribution in [0.15, 0.2) is 203 Å². The number of amides is 10. The first-order chi connectivity index (χ1) is 61.1. The van der Waals surface area contributed by atoms with Crippen molar-refractivity contribution in [3.05, 3.63) is 282 Å². The van der Waals surface area contributed by atoms with E-state index < -0.39 is 24.2 Å². The SMILES string of the molecule is C=C1CCC(N2C(=O)c3ccc(C(C)C)cc3C2=O)C(=O)N1.C=C1CCC(N2Cc3cc(C(C)C)ccc3C2=O)C(=O)N1.C=C1CCC(N2Cc3ccc(C(C)C)cc3C2=O)C(=O)N1.C=C1CCC(n2c(=O)n(C(C)C)c3ccccc32)C(=O)N1.C=C1CCC(n2c(=O)n(C)c3c(C(C)C)cccc32)C(=O)N1.C=C1CCC(n2c(=O)n(C)c3cc(C(C)C)ccc32)C(=O)N1. The first-order valence-electron chi connectivity index (χ1n) is 44.6. The molecule has 28 heteroatoms. The maximum absolute atomic E-state index is 12.8. The third-order valence-electron chi connectivity index (χ3n) is 25.7. The average Bonchev–Trinajstić information content (AvgIpc) is 1.59. The van der Waals surface area contributed by atoms with Gasteiger partial charge in [0.05, 0.1) is 44.2 Å². The van der Waals surface area contributed by atoms with Crippen LogP contribution in [0.5, 0.6) is 0 Å². The van der Waals surface area contributed by atoms with Gasteiger partial charge in [0, 0.05) is 78.5 Å². The molecule has 12 heterocycles. The molecule has 129 heavy (non-hydrogen) atoms. The lowest BCUT2D eigenvalue weighted by Crippen LogP contribution is -2.51. The molecule has 0 bridgehead atoms. The molecule has 6 N–H and O–H groups in total. The van der Waals surface area contributed by atoms with Gasteiger partial charge in [0.15, 0.2) is 0 Å². The normalized spacial score (nSPS) is 20.4. The van der Waals surface area contributed by atoms with Gasteiger partial charge in [0.25, 0.3) is 23.6 Å². The van der Waals surface area contributed by atoms with E-state index in [2.05, 4.69) is 139 Å². The number of fused-ring (bicyclic) bond motifs is 6. The zero-order valence-electron chi connectivity index (χ0n) is 76.4. The van der Waals surface area contributed by atoms with Crippen molar-refractivity contribution in [2.24, 2.45) is 14.1 Å². The quantitative estimate of drug-likeness (QED) is 0.0620. The summed E-state index contributed by atoms with van der Waals surface area (Å²) >= 11 is 0. The largest absolute Gasteiger partial charge is 0.330 e. The number of nitrogens with zero attached hydrogens (tertiary/aromatic N) is 9. The minimum Gasteiger partial charge on any atom is -0.329 e. The molecule has 0 saturated carbocycles. The lowest BCUT2D eigenvalue weighted by atomic mass is 9.98. The molecule has 9 aromatic rings. The summed E-state index contributed by atoms with van der Waals surface area (Å²) in [5.74, 6) is -0.0642. The predicted molar refractivity (Wildman–Crippen MR) is 499 cm³/mol. The van der Waals surface area contributed by atoms with Crippen molar-refractivity contribution in [2.45, 2.75) is 245 Å². The summed E-state index contributed by atoms with van der Waals surface area (Å²) < 4.78 is 9.88. The highest BCUT2D eigenvalue weighted by Crippen LogP contribution is 2.38. The summed E-state index contributed by atoms with van der Waals surface area (Å²) in [7, 11) is 3.53. The molecule has 18 rings (SSSR count). The summed E-state index contributed by atoms with van der Waals surface area (Å²) in [4.78, 5) is 166. The van der Waals surface area contributed by atoms with Gasteiger partial charge in [0.1, 0.15) is 36.3 Å². The van der Waals surface area contributed by atoms with Gasteiger partial charge in [-0.25, -0.2) is 14.4 Å². The molecule has 676 valence electrons. The van der Waals surface area contributed by atoms with Crippen molar-refractivity contribution < 1.29 is 47.9 Å². The Bertz CT molecular complexity index is 6330. The lowest BCUT2D eigenvalue weighted by Gasteiger charge is -2.30. The van der Waals surface area contributed by atoms with Crippen molar-refractivity contribution in [3.63, 3.8) is 0 Å². The molecule has 0 spiro atoms. The van der Waals surface area contributed by atoms with Crippen LogP contribution in [-0.2, 0) is 56.0 Å². The summed E-state index contributed by atoms with van der Waals surface area (Å²) in [6.07, 6.45) is 7.68. The van der Waals surface area contributed by atoms with E-state index in [9.17, 15) is 62.3 Å². The smallest absolute Gasteiger partial charge is 0.329 e. The van der Waals surface area contributed by atoms with E-state index in [1.807, 2.05) is 119 Å². The number of carbonyl (C=O) groups is 10. The molecular weight excluding hydrogens is 1630 g/mol. The predicted octanol–water partition coefficient (Wildman–Crippen LogP) is 14.5. The number of allylic oxidation sites excluding steroid dienone is 6. The molecule has 3 aromatic heterocycles. The minimum absolute atomic E-state index is 0.0276. The number of rotatable bonds is 12. The summed E-state index contributed by atoms with van der Waals surface area (Å²) in [6.45, 7) is 48.6. The van der Waals surface area contributed by atoms with E-state index in [4.69, 9.17) is 0 Å². The second kappa shape index (κ2) is 38.2. The van der Waals surface area contributed by atoms with E-state index in [-0.39, 0.29) is 100 Å². The Morgan fingerprint density at radius 2 is 0.659 bits per heavy atom. The maximum Gasteiger partial charge on any atom is 0.330 e. The molecule has 6 fully saturated rings. The van der Waals surface area contributed by atoms with Gasteiger partial charge in [-0.3, -0.25) is 80.2 Å². The minimum atomic E-state index is -0.750. The Morgan fingerprint density at radius 1 is 0.302 bits per heavy atom. The van der Waals surface area contributed by atoms with E-state index >= 15 is 0 Å². The molecular formula is C101H119N15O13. The highest BCUT2D eigenvalue weighted by molar-refractivity contribution is 6.23. The fourth-order valence-corrected chi connectivity index (χ4v) is 18.3. The first-order valence-corrected chi connectivity index (χ1v) is 44.6. The van der Waals surface area contributed by atoms with Gasteiger partial charge in [0.2, 0.25) is 35.4 Å². The zero-order valence-corrected chi connectivity index (χ0v) is 76.4. The Kier molecular flexibility index (Phi) is 27.6. The number of benzene rings is 6. The summed E-state index contributed by atoms with van der Waals surface area (Å²) in [5.41, 5.74) is 18.9. The van der Waals surface area contributed by atoms with Crippen LogP contribution < -0.4 is 49.0 Å². The second-order valence-electron chi connectivity index (χ2n) is 36.6. The van der Waals surface area contributed by atoms with Crippen LogP contribution in [0.4, 0.5) is 0 Å². The number of hydrogen-bond donors (Lipinski definition) is 6. The summed E-state index contributed by atoms with van der Waals surface area (Å²) in [6, 6.07) is 34.1. The molecule has 6 aromatic carbocycles. The number of nitrogens with one attached hydrogen (secondary N) is 6. The van der Waals surface area contributed by atoms with E-state index in [1.165, 1.54) is 11.1 Å². The number of imide groups is 1. The van der Waals surface area contributed by atoms with Crippen LogP contribution in [0.2, 0.25) is 0 Å². The molecule has 0 radical (unpaired) electrons. The van der Waals surface area contributed by atoms with Crippen LogP contribution in [-0.4, -0.2) is 119 Å². The molecule has 6 atom stereocenters.